The van der Waals surface area contributed by atoms with Crippen molar-refractivity contribution in [3.8, 4) is 17.1 Å². The molecule has 0 fully saturated rings. The zero-order valence-electron chi connectivity index (χ0n) is 12.5. The number of rotatable bonds is 6. The van der Waals surface area contributed by atoms with Gasteiger partial charge in [0.25, 0.3) is 0 Å². The highest BCUT2D eigenvalue weighted by atomic mass is 16.5. The maximum atomic E-state index is 11.2. The molecular formula is C17H14N2O5. The van der Waals surface area contributed by atoms with Crippen LogP contribution in [0.2, 0.25) is 0 Å². The second-order valence-electron chi connectivity index (χ2n) is 5.11. The predicted octanol–water partition coefficient (Wildman–Crippen LogP) is 2.25. The van der Waals surface area contributed by atoms with Gasteiger partial charge in [-0.3, -0.25) is 4.79 Å². The highest BCUT2D eigenvalue weighted by Gasteiger charge is 2.14. The van der Waals surface area contributed by atoms with Crippen LogP contribution in [0.3, 0.4) is 0 Å². The van der Waals surface area contributed by atoms with Crippen LogP contribution in [0.4, 0.5) is 0 Å². The maximum absolute atomic E-state index is 11.2. The Kier molecular flexibility index (Phi) is 4.15. The molecule has 2 N–H and O–H groups in total. The normalized spacial score (nSPS) is 10.7. The molecule has 0 bridgehead atoms. The highest BCUT2D eigenvalue weighted by molar-refractivity contribution is 5.82. The summed E-state index contributed by atoms with van der Waals surface area (Å²) in [5.74, 6) is -1.06. The van der Waals surface area contributed by atoms with E-state index in [0.29, 0.717) is 17.1 Å². The number of para-hydroxylation sites is 2. The Labute approximate surface area is 136 Å². The van der Waals surface area contributed by atoms with Crippen LogP contribution in [0.15, 0.2) is 48.5 Å². The van der Waals surface area contributed by atoms with Crippen molar-refractivity contribution in [2.24, 2.45) is 0 Å². The molecule has 0 aliphatic carbocycles. The molecule has 0 aliphatic heterocycles. The fraction of sp³-hybridized carbons (Fsp3) is 0.118. The second-order valence-corrected chi connectivity index (χ2v) is 5.11. The quantitative estimate of drug-likeness (QED) is 0.720. The maximum Gasteiger partial charge on any atom is 0.341 e. The zero-order valence-corrected chi connectivity index (χ0v) is 12.5. The molecule has 7 heteroatoms. The van der Waals surface area contributed by atoms with Crippen LogP contribution in [0.5, 0.6) is 5.75 Å². The number of aromatic nitrogens is 2. The van der Waals surface area contributed by atoms with Crippen molar-refractivity contribution < 1.29 is 24.5 Å². The number of benzene rings is 2. The molecule has 0 amide bonds. The van der Waals surface area contributed by atoms with E-state index in [1.54, 1.807) is 28.8 Å². The number of ether oxygens (including phenoxy) is 1. The van der Waals surface area contributed by atoms with E-state index in [-0.39, 0.29) is 6.54 Å². The third-order valence-electron chi connectivity index (χ3n) is 3.42. The molecule has 3 rings (SSSR count). The molecule has 24 heavy (non-hydrogen) atoms. The molecule has 7 nitrogen and oxygen atoms in total. The highest BCUT2D eigenvalue weighted by Crippen LogP contribution is 2.26. The van der Waals surface area contributed by atoms with Crippen molar-refractivity contribution in [3.05, 3.63) is 48.5 Å². The summed E-state index contributed by atoms with van der Waals surface area (Å²) in [6.07, 6.45) is 0. The minimum atomic E-state index is -1.05. The van der Waals surface area contributed by atoms with Crippen LogP contribution in [-0.4, -0.2) is 38.3 Å². The van der Waals surface area contributed by atoms with Crippen LogP contribution in [0, 0.1) is 0 Å². The number of nitrogens with zero attached hydrogens (tertiary/aromatic N) is 2. The molecule has 2 aromatic carbocycles. The number of hydrogen-bond donors (Lipinski definition) is 2. The van der Waals surface area contributed by atoms with Gasteiger partial charge in [-0.25, -0.2) is 9.78 Å². The molecule has 0 aliphatic rings. The van der Waals surface area contributed by atoms with Gasteiger partial charge in [0.1, 0.15) is 18.1 Å². The van der Waals surface area contributed by atoms with Crippen LogP contribution in [0.1, 0.15) is 0 Å². The van der Waals surface area contributed by atoms with Crippen molar-refractivity contribution in [2.75, 3.05) is 6.61 Å². The first-order chi connectivity index (χ1) is 11.5. The monoisotopic (exact) mass is 326 g/mol. The fourth-order valence-corrected chi connectivity index (χ4v) is 2.44. The van der Waals surface area contributed by atoms with Crippen LogP contribution in [0.25, 0.3) is 22.4 Å². The van der Waals surface area contributed by atoms with Gasteiger partial charge >= 0.3 is 11.9 Å². The Balaban J connectivity index is 1.99. The van der Waals surface area contributed by atoms with Crippen LogP contribution in [-0.2, 0) is 16.1 Å². The molecular weight excluding hydrogens is 312 g/mol. The van der Waals surface area contributed by atoms with E-state index in [1.165, 1.54) is 0 Å². The van der Waals surface area contributed by atoms with E-state index in [4.69, 9.17) is 14.9 Å². The lowest BCUT2D eigenvalue weighted by atomic mass is 10.2. The minimum Gasteiger partial charge on any atom is -0.482 e. The van der Waals surface area contributed by atoms with E-state index >= 15 is 0 Å². The fourth-order valence-electron chi connectivity index (χ4n) is 2.44. The van der Waals surface area contributed by atoms with Gasteiger partial charge in [0.2, 0.25) is 0 Å². The molecule has 122 valence electrons. The molecule has 1 heterocycles. The lowest BCUT2D eigenvalue weighted by molar-refractivity contribution is -0.139. The van der Waals surface area contributed by atoms with Gasteiger partial charge in [-0.2, -0.15) is 0 Å². The summed E-state index contributed by atoms with van der Waals surface area (Å²) >= 11 is 0. The largest absolute Gasteiger partial charge is 0.482 e. The summed E-state index contributed by atoms with van der Waals surface area (Å²) in [6, 6.07) is 14.0. The van der Waals surface area contributed by atoms with Gasteiger partial charge in [-0.05, 0) is 36.4 Å². The Hall–Kier alpha value is -3.35. The Morgan fingerprint density at radius 2 is 1.71 bits per heavy atom. The van der Waals surface area contributed by atoms with Gasteiger partial charge in [-0.1, -0.05) is 12.1 Å². The number of fused-ring (bicyclic) bond motifs is 1. The Bertz CT molecular complexity index is 899. The second kappa shape index (κ2) is 6.41. The summed E-state index contributed by atoms with van der Waals surface area (Å²) in [6.45, 7) is -0.621. The van der Waals surface area contributed by atoms with E-state index in [2.05, 4.69) is 4.98 Å². The lowest BCUT2D eigenvalue weighted by Gasteiger charge is -2.08. The first kappa shape index (κ1) is 15.5. The standard InChI is InChI=1S/C17H14N2O5/c20-15(21)9-19-14-4-2-1-3-13(14)18-17(19)11-5-7-12(8-6-11)24-10-16(22)23/h1-8H,9-10H2,(H,20,21)(H,22,23). The summed E-state index contributed by atoms with van der Waals surface area (Å²) < 4.78 is 6.72. The molecule has 0 saturated carbocycles. The third-order valence-corrected chi connectivity index (χ3v) is 3.42. The van der Waals surface area contributed by atoms with Crippen molar-refractivity contribution in [1.82, 2.24) is 9.55 Å². The van der Waals surface area contributed by atoms with Gasteiger partial charge < -0.3 is 19.5 Å². The van der Waals surface area contributed by atoms with Crippen molar-refractivity contribution >= 4 is 23.0 Å². The average Bonchev–Trinajstić information content (AvgIpc) is 2.91. The van der Waals surface area contributed by atoms with Crippen molar-refractivity contribution in [2.45, 2.75) is 6.54 Å². The first-order valence-electron chi connectivity index (χ1n) is 7.16. The number of hydrogen-bond acceptors (Lipinski definition) is 4. The van der Waals surface area contributed by atoms with Gasteiger partial charge in [-0.15, -0.1) is 0 Å². The third kappa shape index (κ3) is 3.19. The van der Waals surface area contributed by atoms with Gasteiger partial charge in [0, 0.05) is 5.56 Å². The molecule has 0 unspecified atom stereocenters. The average molecular weight is 326 g/mol. The van der Waals surface area contributed by atoms with E-state index in [1.807, 2.05) is 24.3 Å². The summed E-state index contributed by atoms with van der Waals surface area (Å²) in [5.41, 5.74) is 2.16. The molecule has 0 atom stereocenters. The Morgan fingerprint density at radius 1 is 1.00 bits per heavy atom. The first-order valence-corrected chi connectivity index (χ1v) is 7.16. The zero-order chi connectivity index (χ0) is 17.1. The lowest BCUT2D eigenvalue weighted by Crippen LogP contribution is -2.10. The van der Waals surface area contributed by atoms with E-state index in [9.17, 15) is 9.59 Å². The molecule has 3 aromatic rings. The summed E-state index contributed by atoms with van der Waals surface area (Å²) in [7, 11) is 0. The van der Waals surface area contributed by atoms with E-state index in [0.717, 1.165) is 11.1 Å². The Morgan fingerprint density at radius 3 is 2.38 bits per heavy atom. The smallest absolute Gasteiger partial charge is 0.341 e. The topological polar surface area (TPSA) is 102 Å². The van der Waals surface area contributed by atoms with Gasteiger partial charge in [0.15, 0.2) is 6.61 Å². The molecule has 0 spiro atoms. The number of carboxylic acids is 2. The van der Waals surface area contributed by atoms with Crippen LogP contribution >= 0.6 is 0 Å². The molecule has 0 radical (unpaired) electrons. The van der Waals surface area contributed by atoms with Gasteiger partial charge in [0.05, 0.1) is 11.0 Å². The SMILES string of the molecule is O=C(O)COc1ccc(-c2nc3ccccc3n2CC(=O)O)cc1. The number of imidazole rings is 1. The number of aliphatic carboxylic acids is 2. The number of carboxylic acid groups (broad SMARTS) is 2. The van der Waals surface area contributed by atoms with Crippen molar-refractivity contribution in [1.29, 1.82) is 0 Å². The number of carbonyl (C=O) groups is 2. The van der Waals surface area contributed by atoms with Crippen LogP contribution < -0.4 is 4.74 Å². The summed E-state index contributed by atoms with van der Waals surface area (Å²) in [5, 5.41) is 17.8. The molecule has 0 saturated heterocycles. The molecule has 1 aromatic heterocycles. The summed E-state index contributed by atoms with van der Waals surface area (Å²) in [4.78, 5) is 26.2. The predicted molar refractivity (Wildman–Crippen MR) is 85.9 cm³/mol. The van der Waals surface area contributed by atoms with E-state index < -0.39 is 18.5 Å². The van der Waals surface area contributed by atoms with Crippen molar-refractivity contribution in [3.63, 3.8) is 0 Å². The minimum absolute atomic E-state index is 0.201.